The number of nitrogens with zero attached hydrogens (tertiary/aromatic N) is 2. The summed E-state index contributed by atoms with van der Waals surface area (Å²) in [5.41, 5.74) is 1.10. The van der Waals surface area contributed by atoms with E-state index in [1.165, 1.54) is 23.6 Å². The summed E-state index contributed by atoms with van der Waals surface area (Å²) in [6, 6.07) is 10.7. The van der Waals surface area contributed by atoms with Gasteiger partial charge in [-0.15, -0.1) is 0 Å². The van der Waals surface area contributed by atoms with E-state index >= 15 is 0 Å². The second kappa shape index (κ2) is 6.53. The zero-order chi connectivity index (χ0) is 13.7. The van der Waals surface area contributed by atoms with Crippen LogP contribution in [0.2, 0.25) is 0 Å². The normalized spacial score (nSPS) is 10.9. The molecule has 1 aromatic carbocycles. The summed E-state index contributed by atoms with van der Waals surface area (Å²) >= 11 is 0. The van der Waals surface area contributed by atoms with Crippen molar-refractivity contribution in [2.24, 2.45) is 0 Å². The first-order valence-corrected chi connectivity index (χ1v) is 7.00. The molecular weight excluding hydrogens is 234 g/mol. The third-order valence-electron chi connectivity index (χ3n) is 3.34. The number of hydrogen-bond donors (Lipinski definition) is 1. The Bertz CT molecular complexity index is 537. The molecule has 0 aliphatic heterocycles. The number of aromatic nitrogens is 1. The molecule has 0 aliphatic carbocycles. The van der Waals surface area contributed by atoms with Crippen LogP contribution in [-0.4, -0.2) is 25.6 Å². The van der Waals surface area contributed by atoms with Gasteiger partial charge in [0.15, 0.2) is 0 Å². The quantitative estimate of drug-likeness (QED) is 0.861. The highest BCUT2D eigenvalue weighted by molar-refractivity contribution is 5.92. The van der Waals surface area contributed by atoms with Gasteiger partial charge in [0.05, 0.1) is 5.69 Å². The Hall–Kier alpha value is -1.61. The van der Waals surface area contributed by atoms with Crippen LogP contribution in [0.3, 0.4) is 0 Å². The Kier molecular flexibility index (Phi) is 4.74. The average molecular weight is 257 g/mol. The highest BCUT2D eigenvalue weighted by Crippen LogP contribution is 2.25. The summed E-state index contributed by atoms with van der Waals surface area (Å²) in [6.45, 7) is 4.08. The summed E-state index contributed by atoms with van der Waals surface area (Å²) in [5.74, 6) is 1.09. The molecule has 2 aromatic rings. The molecule has 19 heavy (non-hydrogen) atoms. The first-order valence-electron chi connectivity index (χ1n) is 7.00. The van der Waals surface area contributed by atoms with Crippen molar-refractivity contribution in [2.75, 3.05) is 25.5 Å². The fraction of sp³-hybridized carbons (Fsp3) is 0.438. The average Bonchev–Trinajstić information content (AvgIpc) is 2.44. The maximum atomic E-state index is 4.81. The van der Waals surface area contributed by atoms with Crippen molar-refractivity contribution in [1.29, 1.82) is 0 Å². The van der Waals surface area contributed by atoms with Crippen LogP contribution in [-0.2, 0) is 6.54 Å². The van der Waals surface area contributed by atoms with Crippen LogP contribution in [0.4, 0.5) is 5.82 Å². The van der Waals surface area contributed by atoms with Crippen LogP contribution in [0.15, 0.2) is 30.3 Å². The number of fused-ring (bicyclic) bond motifs is 1. The molecular formula is C16H23N3. The number of hydrogen-bond acceptors (Lipinski definition) is 3. The molecule has 102 valence electrons. The molecule has 1 aromatic heterocycles. The molecule has 0 unspecified atom stereocenters. The van der Waals surface area contributed by atoms with Crippen molar-refractivity contribution in [3.8, 4) is 0 Å². The van der Waals surface area contributed by atoms with Crippen molar-refractivity contribution in [3.05, 3.63) is 36.0 Å². The van der Waals surface area contributed by atoms with E-state index < -0.39 is 0 Å². The van der Waals surface area contributed by atoms with Gasteiger partial charge in [0.1, 0.15) is 5.82 Å². The van der Waals surface area contributed by atoms with Gasteiger partial charge in [0.2, 0.25) is 0 Å². The molecule has 0 atom stereocenters. The summed E-state index contributed by atoms with van der Waals surface area (Å²) < 4.78 is 0. The molecule has 0 saturated carbocycles. The van der Waals surface area contributed by atoms with E-state index in [9.17, 15) is 0 Å². The first kappa shape index (κ1) is 13.8. The monoisotopic (exact) mass is 257 g/mol. The standard InChI is InChI=1S/C16H23N3/c1-4-5-10-19(3)16-15-9-7-6-8-13(15)11-14(18-16)12-17-2/h6-9,11,17H,4-5,10,12H2,1-3H3. The minimum absolute atomic E-state index is 0.805. The van der Waals surface area contributed by atoms with Crippen molar-refractivity contribution < 1.29 is 0 Å². The van der Waals surface area contributed by atoms with Crippen LogP contribution < -0.4 is 10.2 Å². The van der Waals surface area contributed by atoms with Crippen LogP contribution in [0, 0.1) is 0 Å². The number of nitrogens with one attached hydrogen (secondary N) is 1. The van der Waals surface area contributed by atoms with Gasteiger partial charge in [-0.25, -0.2) is 4.98 Å². The highest BCUT2D eigenvalue weighted by Gasteiger charge is 2.09. The Balaban J connectivity index is 2.43. The van der Waals surface area contributed by atoms with E-state index in [0.29, 0.717) is 0 Å². The topological polar surface area (TPSA) is 28.2 Å². The smallest absolute Gasteiger partial charge is 0.136 e. The second-order valence-corrected chi connectivity index (χ2v) is 4.96. The molecule has 0 spiro atoms. The van der Waals surface area contributed by atoms with Gasteiger partial charge < -0.3 is 10.2 Å². The van der Waals surface area contributed by atoms with E-state index in [4.69, 9.17) is 4.98 Å². The largest absolute Gasteiger partial charge is 0.359 e. The fourth-order valence-electron chi connectivity index (χ4n) is 2.30. The summed E-state index contributed by atoms with van der Waals surface area (Å²) in [7, 11) is 4.09. The second-order valence-electron chi connectivity index (χ2n) is 4.96. The molecule has 0 saturated heterocycles. The molecule has 0 bridgehead atoms. The lowest BCUT2D eigenvalue weighted by Gasteiger charge is -2.20. The lowest BCUT2D eigenvalue weighted by Crippen LogP contribution is -2.21. The summed E-state index contributed by atoms with van der Waals surface area (Å²) in [5, 5.41) is 5.68. The van der Waals surface area contributed by atoms with Crippen LogP contribution in [0.25, 0.3) is 10.8 Å². The lowest BCUT2D eigenvalue weighted by molar-refractivity contribution is 0.751. The van der Waals surface area contributed by atoms with E-state index in [1.54, 1.807) is 0 Å². The maximum absolute atomic E-state index is 4.81. The van der Waals surface area contributed by atoms with E-state index in [-0.39, 0.29) is 0 Å². The van der Waals surface area contributed by atoms with Gasteiger partial charge in [0.25, 0.3) is 0 Å². The SMILES string of the molecule is CCCCN(C)c1nc(CNC)cc2ccccc12. The summed E-state index contributed by atoms with van der Waals surface area (Å²) in [4.78, 5) is 7.08. The zero-order valence-electron chi connectivity index (χ0n) is 12.1. The van der Waals surface area contributed by atoms with Crippen molar-refractivity contribution >= 4 is 16.6 Å². The fourth-order valence-corrected chi connectivity index (χ4v) is 2.30. The van der Waals surface area contributed by atoms with E-state index in [2.05, 4.69) is 54.5 Å². The van der Waals surface area contributed by atoms with Crippen LogP contribution in [0.5, 0.6) is 0 Å². The molecule has 2 rings (SSSR count). The molecule has 0 amide bonds. The van der Waals surface area contributed by atoms with Crippen molar-refractivity contribution in [2.45, 2.75) is 26.3 Å². The molecule has 3 nitrogen and oxygen atoms in total. The first-order chi connectivity index (χ1) is 9.26. The molecule has 0 aliphatic rings. The van der Waals surface area contributed by atoms with Crippen LogP contribution in [0.1, 0.15) is 25.5 Å². The Labute approximate surface area is 115 Å². The highest BCUT2D eigenvalue weighted by atomic mass is 15.2. The van der Waals surface area contributed by atoms with Gasteiger partial charge in [-0.05, 0) is 24.9 Å². The summed E-state index contributed by atoms with van der Waals surface area (Å²) in [6.07, 6.45) is 2.40. The zero-order valence-corrected chi connectivity index (χ0v) is 12.1. The Morgan fingerprint density at radius 2 is 2.05 bits per heavy atom. The third-order valence-corrected chi connectivity index (χ3v) is 3.34. The minimum atomic E-state index is 0.805. The maximum Gasteiger partial charge on any atom is 0.136 e. The molecule has 0 fully saturated rings. The number of pyridine rings is 1. The van der Waals surface area contributed by atoms with Crippen molar-refractivity contribution in [3.63, 3.8) is 0 Å². The van der Waals surface area contributed by atoms with Gasteiger partial charge in [-0.1, -0.05) is 37.6 Å². The predicted molar refractivity (Wildman–Crippen MR) is 82.7 cm³/mol. The molecule has 3 heteroatoms. The lowest BCUT2D eigenvalue weighted by atomic mass is 10.1. The number of anilines is 1. The minimum Gasteiger partial charge on any atom is -0.359 e. The number of rotatable bonds is 6. The van der Waals surface area contributed by atoms with E-state index in [0.717, 1.165) is 24.6 Å². The third kappa shape index (κ3) is 3.24. The van der Waals surface area contributed by atoms with Gasteiger partial charge >= 0.3 is 0 Å². The van der Waals surface area contributed by atoms with Gasteiger partial charge in [-0.3, -0.25) is 0 Å². The van der Waals surface area contributed by atoms with E-state index in [1.807, 2.05) is 7.05 Å². The van der Waals surface area contributed by atoms with Gasteiger partial charge in [-0.2, -0.15) is 0 Å². The van der Waals surface area contributed by atoms with Crippen LogP contribution >= 0.6 is 0 Å². The van der Waals surface area contributed by atoms with Crippen molar-refractivity contribution in [1.82, 2.24) is 10.3 Å². The predicted octanol–water partition coefficient (Wildman–Crippen LogP) is 3.19. The Morgan fingerprint density at radius 1 is 1.26 bits per heavy atom. The van der Waals surface area contributed by atoms with Gasteiger partial charge in [0, 0.05) is 25.5 Å². The number of unbranched alkanes of at least 4 members (excludes halogenated alkanes) is 1. The Morgan fingerprint density at radius 3 is 2.79 bits per heavy atom. The number of benzene rings is 1. The molecule has 1 heterocycles. The molecule has 1 N–H and O–H groups in total. The molecule has 0 radical (unpaired) electrons.